The summed E-state index contributed by atoms with van der Waals surface area (Å²) in [5, 5.41) is 12.8. The Morgan fingerprint density at radius 2 is 1.80 bits per heavy atom. The SMILES string of the molecule is Cc1c(-c2ncn[nH]2)ccc2c1CC[C@@H]2NC(=O)c1cc(C(=O)NCc2ccc3c(c2)N(c2c(N)c(=O)c2=O)CC3(C)C)ncn1. The molecule has 1 atom stereocenters. The quantitative estimate of drug-likeness (QED) is 0.198. The molecule has 2 aromatic heterocycles. The van der Waals surface area contributed by atoms with Gasteiger partial charge in [-0.2, -0.15) is 5.10 Å². The topological polar surface area (TPSA) is 189 Å². The van der Waals surface area contributed by atoms with Crippen LogP contribution in [-0.4, -0.2) is 43.5 Å². The third-order valence-electron chi connectivity index (χ3n) is 9.08. The first kappa shape index (κ1) is 29.0. The summed E-state index contributed by atoms with van der Waals surface area (Å²) < 4.78 is 0. The highest BCUT2D eigenvalue weighted by Gasteiger charge is 2.39. The molecule has 0 radical (unpaired) electrons. The van der Waals surface area contributed by atoms with Gasteiger partial charge in [-0.05, 0) is 53.6 Å². The van der Waals surface area contributed by atoms with E-state index in [-0.39, 0.29) is 40.8 Å². The van der Waals surface area contributed by atoms with Crippen LogP contribution in [0.5, 0.6) is 0 Å². The maximum Gasteiger partial charge on any atom is 0.270 e. The van der Waals surface area contributed by atoms with Gasteiger partial charge in [0.05, 0.1) is 6.04 Å². The fourth-order valence-electron chi connectivity index (χ4n) is 6.65. The van der Waals surface area contributed by atoms with Gasteiger partial charge in [-0.15, -0.1) is 0 Å². The van der Waals surface area contributed by atoms with Gasteiger partial charge in [0, 0.05) is 35.8 Å². The number of carbonyl (C=O) groups excluding carboxylic acids is 2. The first-order chi connectivity index (χ1) is 22.0. The standard InChI is InChI=1S/C33H31N9O4/c1-16-18-7-9-22(20(18)6-5-19(16)30-38-15-39-41-30)40-32(46)24-11-23(36-14-37-24)31(45)35-12-17-4-8-21-25(10-17)42(13-33(21,2)3)27-26(34)28(43)29(27)44/h4-6,8,10-11,14-15,22H,7,9,12-13,34H2,1-3H3,(H,35,45)(H,40,46)(H,38,39,41)/t22-/m0/s1. The molecule has 3 aromatic carbocycles. The van der Waals surface area contributed by atoms with Crippen LogP contribution in [-0.2, 0) is 18.4 Å². The van der Waals surface area contributed by atoms with Crippen LogP contribution in [0.25, 0.3) is 11.4 Å². The van der Waals surface area contributed by atoms with Gasteiger partial charge in [-0.25, -0.2) is 15.0 Å². The summed E-state index contributed by atoms with van der Waals surface area (Å²) in [7, 11) is 0. The van der Waals surface area contributed by atoms with Crippen molar-refractivity contribution in [3.63, 3.8) is 0 Å². The molecular weight excluding hydrogens is 586 g/mol. The molecule has 232 valence electrons. The van der Waals surface area contributed by atoms with E-state index in [1.807, 2.05) is 37.3 Å². The Balaban J connectivity index is 1.03. The number of H-pyrrole nitrogens is 1. The number of hydrogen-bond donors (Lipinski definition) is 4. The zero-order chi connectivity index (χ0) is 32.3. The summed E-state index contributed by atoms with van der Waals surface area (Å²) in [5.74, 6) is -0.166. The Kier molecular flexibility index (Phi) is 6.76. The molecule has 5 aromatic rings. The molecular formula is C33H31N9O4. The van der Waals surface area contributed by atoms with Gasteiger partial charge >= 0.3 is 0 Å². The van der Waals surface area contributed by atoms with Crippen molar-refractivity contribution in [2.75, 3.05) is 17.2 Å². The summed E-state index contributed by atoms with van der Waals surface area (Å²) in [4.78, 5) is 64.7. The molecule has 1 aliphatic carbocycles. The number of nitrogens with zero attached hydrogens (tertiary/aromatic N) is 5. The van der Waals surface area contributed by atoms with E-state index in [2.05, 4.69) is 49.6 Å². The van der Waals surface area contributed by atoms with Gasteiger partial charge in [0.1, 0.15) is 35.4 Å². The minimum atomic E-state index is -0.664. The minimum absolute atomic E-state index is 0.0276. The molecule has 13 nitrogen and oxygen atoms in total. The molecule has 2 amide bonds. The molecule has 0 saturated carbocycles. The smallest absolute Gasteiger partial charge is 0.270 e. The number of nitrogens with one attached hydrogen (secondary N) is 3. The first-order valence-electron chi connectivity index (χ1n) is 14.9. The van der Waals surface area contributed by atoms with Crippen LogP contribution in [0.3, 0.4) is 0 Å². The van der Waals surface area contributed by atoms with Crippen molar-refractivity contribution in [1.82, 2.24) is 35.8 Å². The fraction of sp³-hybridized carbons (Fsp3) is 0.273. The van der Waals surface area contributed by atoms with Crippen molar-refractivity contribution >= 4 is 28.9 Å². The number of nitrogens with two attached hydrogens (primary N) is 1. The van der Waals surface area contributed by atoms with Crippen molar-refractivity contribution in [2.24, 2.45) is 0 Å². The van der Waals surface area contributed by atoms with E-state index in [1.165, 1.54) is 24.3 Å². The van der Waals surface area contributed by atoms with Gasteiger partial charge in [0.25, 0.3) is 22.7 Å². The van der Waals surface area contributed by atoms with Crippen LogP contribution in [0.15, 0.2) is 58.6 Å². The number of amides is 2. The van der Waals surface area contributed by atoms with Crippen molar-refractivity contribution in [3.8, 4) is 11.4 Å². The molecule has 0 bridgehead atoms. The van der Waals surface area contributed by atoms with Crippen molar-refractivity contribution in [1.29, 1.82) is 0 Å². The third kappa shape index (κ3) is 4.71. The zero-order valence-electron chi connectivity index (χ0n) is 25.5. The zero-order valence-corrected chi connectivity index (χ0v) is 25.5. The minimum Gasteiger partial charge on any atom is -0.394 e. The Hall–Kier alpha value is -5.72. The average Bonchev–Trinajstić information content (AvgIpc) is 3.79. The predicted molar refractivity (Wildman–Crippen MR) is 171 cm³/mol. The number of carbonyl (C=O) groups is 2. The highest BCUT2D eigenvalue weighted by Crippen LogP contribution is 2.45. The van der Waals surface area contributed by atoms with Crippen LogP contribution in [0.4, 0.5) is 17.1 Å². The highest BCUT2D eigenvalue weighted by molar-refractivity contribution is 5.97. The second-order valence-electron chi connectivity index (χ2n) is 12.4. The second kappa shape index (κ2) is 10.7. The summed E-state index contributed by atoms with van der Waals surface area (Å²) in [6.07, 6.45) is 4.22. The van der Waals surface area contributed by atoms with E-state index in [4.69, 9.17) is 5.73 Å². The Morgan fingerprint density at radius 1 is 1.02 bits per heavy atom. The molecule has 3 heterocycles. The van der Waals surface area contributed by atoms with Crippen LogP contribution in [0.2, 0.25) is 0 Å². The summed E-state index contributed by atoms with van der Waals surface area (Å²) in [6.45, 7) is 6.82. The van der Waals surface area contributed by atoms with E-state index in [0.717, 1.165) is 46.3 Å². The van der Waals surface area contributed by atoms with Crippen molar-refractivity contribution < 1.29 is 9.59 Å². The molecule has 46 heavy (non-hydrogen) atoms. The molecule has 0 spiro atoms. The van der Waals surface area contributed by atoms with E-state index in [0.29, 0.717) is 12.4 Å². The number of benzene rings is 2. The monoisotopic (exact) mass is 617 g/mol. The molecule has 0 unspecified atom stereocenters. The lowest BCUT2D eigenvalue weighted by atomic mass is 9.86. The lowest BCUT2D eigenvalue weighted by Crippen LogP contribution is -2.41. The fourth-order valence-corrected chi connectivity index (χ4v) is 6.65. The maximum atomic E-state index is 13.2. The number of rotatable bonds is 7. The molecule has 0 saturated heterocycles. The van der Waals surface area contributed by atoms with Gasteiger partial charge < -0.3 is 21.3 Å². The first-order valence-corrected chi connectivity index (χ1v) is 14.9. The number of hydrogen-bond acceptors (Lipinski definition) is 10. The second-order valence-corrected chi connectivity index (χ2v) is 12.4. The van der Waals surface area contributed by atoms with E-state index in [1.54, 1.807) is 4.90 Å². The average molecular weight is 618 g/mol. The lowest BCUT2D eigenvalue weighted by Gasteiger charge is -2.24. The van der Waals surface area contributed by atoms with Crippen LogP contribution in [0, 0.1) is 6.92 Å². The van der Waals surface area contributed by atoms with Crippen LogP contribution < -0.4 is 32.1 Å². The molecule has 1 aliphatic heterocycles. The van der Waals surface area contributed by atoms with Crippen LogP contribution in [0.1, 0.15) is 75.1 Å². The number of aromatic nitrogens is 5. The normalized spacial score (nSPS) is 16.3. The number of fused-ring (bicyclic) bond motifs is 2. The maximum absolute atomic E-state index is 13.2. The lowest BCUT2D eigenvalue weighted by molar-refractivity contribution is 0.0931. The molecule has 13 heteroatoms. The molecule has 7 rings (SSSR count). The van der Waals surface area contributed by atoms with E-state index in [9.17, 15) is 19.2 Å². The number of anilines is 3. The Morgan fingerprint density at radius 3 is 2.54 bits per heavy atom. The largest absolute Gasteiger partial charge is 0.394 e. The number of aromatic amines is 1. The summed E-state index contributed by atoms with van der Waals surface area (Å²) >= 11 is 0. The van der Waals surface area contributed by atoms with Crippen molar-refractivity contribution in [2.45, 2.75) is 51.6 Å². The molecule has 5 N–H and O–H groups in total. The van der Waals surface area contributed by atoms with Gasteiger partial charge in [0.15, 0.2) is 5.82 Å². The summed E-state index contributed by atoms with van der Waals surface area (Å²) in [6, 6.07) is 10.9. The Bertz CT molecular complexity index is 2110. The van der Waals surface area contributed by atoms with Gasteiger partial charge in [-0.1, -0.05) is 38.1 Å². The molecule has 2 aliphatic rings. The van der Waals surface area contributed by atoms with E-state index < -0.39 is 22.7 Å². The van der Waals surface area contributed by atoms with E-state index >= 15 is 0 Å². The van der Waals surface area contributed by atoms with Crippen LogP contribution >= 0.6 is 0 Å². The predicted octanol–water partition coefficient (Wildman–Crippen LogP) is 2.52. The third-order valence-corrected chi connectivity index (χ3v) is 9.08. The highest BCUT2D eigenvalue weighted by atomic mass is 16.2. The van der Waals surface area contributed by atoms with Gasteiger partial charge in [0.2, 0.25) is 0 Å². The Labute approximate surface area is 263 Å². The number of nitrogen functional groups attached to an aromatic ring is 1. The van der Waals surface area contributed by atoms with Crippen molar-refractivity contribution in [3.05, 3.63) is 109 Å². The van der Waals surface area contributed by atoms with Gasteiger partial charge in [-0.3, -0.25) is 24.3 Å². The summed E-state index contributed by atoms with van der Waals surface area (Å²) in [5.41, 5.74) is 11.5. The molecule has 0 fully saturated rings.